The summed E-state index contributed by atoms with van der Waals surface area (Å²) in [6.07, 6.45) is 2.04. The standard InChI is InChI=1S/C14H21N3O/c15-8-9-16-14(18)13-7-4-10-17(13)11-12-5-2-1-3-6-12/h1-3,5-6,13H,4,7-11,15H2,(H,16,18). The first-order valence-electron chi connectivity index (χ1n) is 6.57. The van der Waals surface area contributed by atoms with E-state index < -0.39 is 0 Å². The van der Waals surface area contributed by atoms with Gasteiger partial charge < -0.3 is 11.1 Å². The van der Waals surface area contributed by atoms with Gasteiger partial charge in [0.2, 0.25) is 5.91 Å². The van der Waals surface area contributed by atoms with Crippen LogP contribution in [0.25, 0.3) is 0 Å². The van der Waals surface area contributed by atoms with Crippen LogP contribution in [0.4, 0.5) is 0 Å². The second-order valence-corrected chi connectivity index (χ2v) is 4.69. The van der Waals surface area contributed by atoms with Crippen molar-refractivity contribution in [2.75, 3.05) is 19.6 Å². The van der Waals surface area contributed by atoms with Crippen LogP contribution in [0, 0.1) is 0 Å². The number of hydrogen-bond acceptors (Lipinski definition) is 3. The smallest absolute Gasteiger partial charge is 0.237 e. The fraction of sp³-hybridized carbons (Fsp3) is 0.500. The van der Waals surface area contributed by atoms with E-state index in [0.29, 0.717) is 13.1 Å². The van der Waals surface area contributed by atoms with E-state index in [2.05, 4.69) is 22.3 Å². The Bertz CT molecular complexity index is 380. The monoisotopic (exact) mass is 247 g/mol. The maximum Gasteiger partial charge on any atom is 0.237 e. The molecular weight excluding hydrogens is 226 g/mol. The van der Waals surface area contributed by atoms with E-state index in [4.69, 9.17) is 5.73 Å². The minimum absolute atomic E-state index is 0.0109. The lowest BCUT2D eigenvalue weighted by Crippen LogP contribution is -2.44. The first kappa shape index (κ1) is 13.1. The van der Waals surface area contributed by atoms with Gasteiger partial charge in [0, 0.05) is 19.6 Å². The van der Waals surface area contributed by atoms with Crippen molar-refractivity contribution in [1.29, 1.82) is 0 Å². The minimum Gasteiger partial charge on any atom is -0.353 e. The zero-order valence-corrected chi connectivity index (χ0v) is 10.6. The summed E-state index contributed by atoms with van der Waals surface area (Å²) in [6.45, 7) is 2.91. The van der Waals surface area contributed by atoms with Crippen LogP contribution in [0.15, 0.2) is 30.3 Å². The Labute approximate surface area is 108 Å². The molecule has 1 atom stereocenters. The molecule has 4 heteroatoms. The molecule has 1 aromatic carbocycles. The third-order valence-electron chi connectivity index (χ3n) is 3.34. The Morgan fingerprint density at radius 2 is 2.17 bits per heavy atom. The third kappa shape index (κ3) is 3.31. The highest BCUT2D eigenvalue weighted by Gasteiger charge is 2.30. The molecule has 0 saturated carbocycles. The zero-order chi connectivity index (χ0) is 12.8. The molecule has 0 aliphatic carbocycles. The molecular formula is C14H21N3O. The van der Waals surface area contributed by atoms with Gasteiger partial charge in [-0.2, -0.15) is 0 Å². The maximum absolute atomic E-state index is 12.0. The molecule has 1 aliphatic rings. The lowest BCUT2D eigenvalue weighted by atomic mass is 10.1. The number of hydrogen-bond donors (Lipinski definition) is 2. The van der Waals surface area contributed by atoms with E-state index in [1.165, 1.54) is 5.56 Å². The predicted molar refractivity (Wildman–Crippen MR) is 71.9 cm³/mol. The second kappa shape index (κ2) is 6.52. The van der Waals surface area contributed by atoms with Crippen molar-refractivity contribution in [3.63, 3.8) is 0 Å². The Morgan fingerprint density at radius 3 is 2.89 bits per heavy atom. The van der Waals surface area contributed by atoms with Crippen LogP contribution in [0.5, 0.6) is 0 Å². The Hall–Kier alpha value is -1.39. The van der Waals surface area contributed by atoms with Crippen LogP contribution in [0.2, 0.25) is 0 Å². The fourth-order valence-corrected chi connectivity index (χ4v) is 2.44. The maximum atomic E-state index is 12.0. The number of nitrogens with zero attached hydrogens (tertiary/aromatic N) is 1. The Kier molecular flexibility index (Phi) is 4.73. The summed E-state index contributed by atoms with van der Waals surface area (Å²) in [5.41, 5.74) is 6.67. The number of rotatable bonds is 5. The average molecular weight is 247 g/mol. The lowest BCUT2D eigenvalue weighted by Gasteiger charge is -2.23. The Morgan fingerprint density at radius 1 is 1.39 bits per heavy atom. The molecule has 1 aliphatic heterocycles. The summed E-state index contributed by atoms with van der Waals surface area (Å²) >= 11 is 0. The van der Waals surface area contributed by atoms with Crippen molar-refractivity contribution in [2.45, 2.75) is 25.4 Å². The fourth-order valence-electron chi connectivity index (χ4n) is 2.44. The van der Waals surface area contributed by atoms with E-state index in [-0.39, 0.29) is 11.9 Å². The lowest BCUT2D eigenvalue weighted by molar-refractivity contribution is -0.125. The average Bonchev–Trinajstić information content (AvgIpc) is 2.85. The quantitative estimate of drug-likeness (QED) is 0.806. The second-order valence-electron chi connectivity index (χ2n) is 4.69. The summed E-state index contributed by atoms with van der Waals surface area (Å²) in [5, 5.41) is 2.88. The summed E-state index contributed by atoms with van der Waals surface area (Å²) in [7, 11) is 0. The molecule has 1 unspecified atom stereocenters. The van der Waals surface area contributed by atoms with Gasteiger partial charge in [-0.3, -0.25) is 9.69 Å². The van der Waals surface area contributed by atoms with Gasteiger partial charge in [-0.25, -0.2) is 0 Å². The van der Waals surface area contributed by atoms with Gasteiger partial charge >= 0.3 is 0 Å². The largest absolute Gasteiger partial charge is 0.353 e. The van der Waals surface area contributed by atoms with Crippen molar-refractivity contribution in [3.05, 3.63) is 35.9 Å². The van der Waals surface area contributed by atoms with Crippen LogP contribution < -0.4 is 11.1 Å². The van der Waals surface area contributed by atoms with Crippen LogP contribution in [-0.4, -0.2) is 36.5 Å². The molecule has 0 aromatic heterocycles. The van der Waals surface area contributed by atoms with E-state index >= 15 is 0 Å². The first-order valence-corrected chi connectivity index (χ1v) is 6.57. The van der Waals surface area contributed by atoms with Gasteiger partial charge in [0.05, 0.1) is 6.04 Å². The predicted octanol–water partition coefficient (Wildman–Crippen LogP) is 0.726. The number of nitrogens with two attached hydrogens (primary N) is 1. The number of amides is 1. The van der Waals surface area contributed by atoms with Gasteiger partial charge in [-0.15, -0.1) is 0 Å². The molecule has 3 N–H and O–H groups in total. The highest BCUT2D eigenvalue weighted by molar-refractivity contribution is 5.82. The van der Waals surface area contributed by atoms with Gasteiger partial charge in [0.25, 0.3) is 0 Å². The van der Waals surface area contributed by atoms with Crippen LogP contribution >= 0.6 is 0 Å². The van der Waals surface area contributed by atoms with Crippen LogP contribution in [0.1, 0.15) is 18.4 Å². The third-order valence-corrected chi connectivity index (χ3v) is 3.34. The summed E-state index contributed by atoms with van der Waals surface area (Å²) in [5.74, 6) is 0.119. The van der Waals surface area contributed by atoms with E-state index in [1.807, 2.05) is 18.2 Å². The molecule has 4 nitrogen and oxygen atoms in total. The molecule has 0 bridgehead atoms. The highest BCUT2D eigenvalue weighted by atomic mass is 16.2. The zero-order valence-electron chi connectivity index (χ0n) is 10.6. The van der Waals surface area contributed by atoms with Crippen LogP contribution in [0.3, 0.4) is 0 Å². The topological polar surface area (TPSA) is 58.4 Å². The summed E-state index contributed by atoms with van der Waals surface area (Å²) in [4.78, 5) is 14.2. The summed E-state index contributed by atoms with van der Waals surface area (Å²) < 4.78 is 0. The molecule has 0 spiro atoms. The van der Waals surface area contributed by atoms with Crippen LogP contribution in [-0.2, 0) is 11.3 Å². The van der Waals surface area contributed by atoms with Crippen molar-refractivity contribution in [2.24, 2.45) is 5.73 Å². The molecule has 98 valence electrons. The van der Waals surface area contributed by atoms with Crippen molar-refractivity contribution in [1.82, 2.24) is 10.2 Å². The number of benzene rings is 1. The van der Waals surface area contributed by atoms with Gasteiger partial charge in [-0.1, -0.05) is 30.3 Å². The molecule has 18 heavy (non-hydrogen) atoms. The normalized spacial score (nSPS) is 19.9. The van der Waals surface area contributed by atoms with Gasteiger partial charge in [0.1, 0.15) is 0 Å². The molecule has 0 radical (unpaired) electrons. The first-order chi connectivity index (χ1) is 8.81. The SMILES string of the molecule is NCCNC(=O)C1CCCN1Cc1ccccc1. The van der Waals surface area contributed by atoms with Gasteiger partial charge in [0.15, 0.2) is 0 Å². The van der Waals surface area contributed by atoms with Crippen molar-refractivity contribution in [3.8, 4) is 0 Å². The molecule has 1 saturated heterocycles. The van der Waals surface area contributed by atoms with E-state index in [0.717, 1.165) is 25.9 Å². The molecule has 1 amide bonds. The van der Waals surface area contributed by atoms with Crippen molar-refractivity contribution >= 4 is 5.91 Å². The molecule has 2 rings (SSSR count). The molecule has 1 heterocycles. The number of carbonyl (C=O) groups is 1. The molecule has 1 aromatic rings. The number of carbonyl (C=O) groups excluding carboxylic acids is 1. The highest BCUT2D eigenvalue weighted by Crippen LogP contribution is 2.20. The number of likely N-dealkylation sites (tertiary alicyclic amines) is 1. The summed E-state index contributed by atoms with van der Waals surface area (Å²) in [6, 6.07) is 10.3. The molecule has 1 fully saturated rings. The minimum atomic E-state index is 0.0109. The number of nitrogens with one attached hydrogen (secondary N) is 1. The van der Waals surface area contributed by atoms with E-state index in [1.54, 1.807) is 0 Å². The van der Waals surface area contributed by atoms with Gasteiger partial charge in [-0.05, 0) is 24.9 Å². The van der Waals surface area contributed by atoms with Crippen molar-refractivity contribution < 1.29 is 4.79 Å². The van der Waals surface area contributed by atoms with E-state index in [9.17, 15) is 4.79 Å². The Balaban J connectivity index is 1.93.